The van der Waals surface area contributed by atoms with Crippen LogP contribution in [0.15, 0.2) is 64.7 Å². The summed E-state index contributed by atoms with van der Waals surface area (Å²) in [5, 5.41) is 12.3. The van der Waals surface area contributed by atoms with Crippen molar-refractivity contribution in [3.63, 3.8) is 0 Å². The molecular formula is C18H16N4. The molecule has 2 N–H and O–H groups in total. The Morgan fingerprint density at radius 3 is 2.50 bits per heavy atom. The molecule has 22 heavy (non-hydrogen) atoms. The number of rotatable bonds is 2. The van der Waals surface area contributed by atoms with Gasteiger partial charge in [-0.3, -0.25) is 0 Å². The van der Waals surface area contributed by atoms with Gasteiger partial charge in [-0.25, -0.2) is 10.4 Å². The zero-order chi connectivity index (χ0) is 14.8. The fourth-order valence-corrected chi connectivity index (χ4v) is 2.68. The number of hydrogen-bond acceptors (Lipinski definition) is 4. The van der Waals surface area contributed by atoms with E-state index in [2.05, 4.69) is 75.4 Å². The van der Waals surface area contributed by atoms with E-state index in [0.717, 1.165) is 24.6 Å². The molecule has 0 unspecified atom stereocenters. The van der Waals surface area contributed by atoms with Crippen LogP contribution in [0.5, 0.6) is 0 Å². The summed E-state index contributed by atoms with van der Waals surface area (Å²) < 4.78 is 0. The van der Waals surface area contributed by atoms with Crippen LogP contribution in [0.25, 0.3) is 21.5 Å². The Morgan fingerprint density at radius 1 is 0.955 bits per heavy atom. The molecule has 0 saturated carbocycles. The van der Waals surface area contributed by atoms with Crippen LogP contribution in [-0.4, -0.2) is 25.3 Å². The Bertz CT molecular complexity index is 896. The quantitative estimate of drug-likeness (QED) is 0.433. The molecule has 4 heteroatoms. The van der Waals surface area contributed by atoms with Crippen molar-refractivity contribution in [3.05, 3.63) is 60.2 Å². The van der Waals surface area contributed by atoms with Crippen LogP contribution in [0.1, 0.15) is 5.56 Å². The number of hydrogen-bond donors (Lipinski definition) is 2. The summed E-state index contributed by atoms with van der Waals surface area (Å²) >= 11 is 0. The average Bonchev–Trinajstić information content (AvgIpc) is 3.06. The lowest BCUT2D eigenvalue weighted by molar-refractivity contribution is 0.920. The predicted molar refractivity (Wildman–Crippen MR) is 92.5 cm³/mol. The van der Waals surface area contributed by atoms with Crippen molar-refractivity contribution in [2.24, 2.45) is 10.1 Å². The van der Waals surface area contributed by atoms with Gasteiger partial charge in [0.2, 0.25) is 5.96 Å². The Balaban J connectivity index is 1.64. The molecule has 3 aromatic carbocycles. The van der Waals surface area contributed by atoms with E-state index in [9.17, 15) is 0 Å². The smallest absolute Gasteiger partial charge is 0.212 e. The van der Waals surface area contributed by atoms with Gasteiger partial charge < -0.3 is 5.32 Å². The minimum atomic E-state index is 0.739. The standard InChI is InChI=1S/C18H16N4/c1-2-4-15-11-17-9-13(5-6-16(17)10-14(15)3-1)12-21-22-18-19-7-8-20-18/h1-6,9-12H,7-8H2,(H2,19,20,22)/b21-12-. The van der Waals surface area contributed by atoms with Crippen LogP contribution in [0.4, 0.5) is 0 Å². The molecule has 0 aromatic heterocycles. The maximum atomic E-state index is 4.23. The van der Waals surface area contributed by atoms with Gasteiger partial charge in [0, 0.05) is 6.54 Å². The van der Waals surface area contributed by atoms with Crippen molar-refractivity contribution < 1.29 is 0 Å². The molecule has 0 aliphatic carbocycles. The summed E-state index contributed by atoms with van der Waals surface area (Å²) in [6.07, 6.45) is 1.82. The first-order chi connectivity index (χ1) is 10.9. The van der Waals surface area contributed by atoms with Gasteiger partial charge in [-0.1, -0.05) is 36.4 Å². The summed E-state index contributed by atoms with van der Waals surface area (Å²) in [6, 6.07) is 19.2. The Morgan fingerprint density at radius 2 is 1.73 bits per heavy atom. The Kier molecular flexibility index (Phi) is 3.20. The number of nitrogens with zero attached hydrogens (tertiary/aromatic N) is 2. The number of fused-ring (bicyclic) bond motifs is 2. The third kappa shape index (κ3) is 2.51. The van der Waals surface area contributed by atoms with Crippen LogP contribution in [-0.2, 0) is 0 Å². The molecule has 0 saturated heterocycles. The maximum absolute atomic E-state index is 4.23. The van der Waals surface area contributed by atoms with Crippen LogP contribution >= 0.6 is 0 Å². The summed E-state index contributed by atoms with van der Waals surface area (Å²) in [5.41, 5.74) is 3.98. The lowest BCUT2D eigenvalue weighted by Crippen LogP contribution is -2.30. The highest BCUT2D eigenvalue weighted by molar-refractivity contribution is 6.00. The van der Waals surface area contributed by atoms with Crippen LogP contribution in [0, 0.1) is 0 Å². The van der Waals surface area contributed by atoms with E-state index in [1.807, 2.05) is 6.21 Å². The normalized spacial score (nSPS) is 14.5. The molecule has 0 fully saturated rings. The molecule has 4 nitrogen and oxygen atoms in total. The molecule has 1 aliphatic rings. The van der Waals surface area contributed by atoms with Crippen molar-refractivity contribution in [1.82, 2.24) is 10.7 Å². The summed E-state index contributed by atoms with van der Waals surface area (Å²) in [6.45, 7) is 1.68. The van der Waals surface area contributed by atoms with Gasteiger partial charge in [0.25, 0.3) is 0 Å². The third-order valence-electron chi connectivity index (χ3n) is 3.79. The molecule has 0 amide bonds. The van der Waals surface area contributed by atoms with Crippen molar-refractivity contribution in [2.75, 3.05) is 13.1 Å². The van der Waals surface area contributed by atoms with Crippen molar-refractivity contribution in [3.8, 4) is 0 Å². The largest absolute Gasteiger partial charge is 0.353 e. The summed E-state index contributed by atoms with van der Waals surface area (Å²) in [4.78, 5) is 4.23. The molecule has 108 valence electrons. The number of hydrazone groups is 1. The number of nitrogens with one attached hydrogen (secondary N) is 2. The topological polar surface area (TPSA) is 48.8 Å². The lowest BCUT2D eigenvalue weighted by atomic mass is 10.0. The van der Waals surface area contributed by atoms with Crippen molar-refractivity contribution >= 4 is 33.7 Å². The maximum Gasteiger partial charge on any atom is 0.212 e. The fraction of sp³-hybridized carbons (Fsp3) is 0.111. The summed E-state index contributed by atoms with van der Waals surface area (Å²) in [5.74, 6) is 0.739. The molecule has 0 spiro atoms. The zero-order valence-corrected chi connectivity index (χ0v) is 12.1. The highest BCUT2D eigenvalue weighted by Gasteiger charge is 2.02. The number of aliphatic imine (C=N–C) groups is 1. The first-order valence-corrected chi connectivity index (χ1v) is 7.38. The van der Waals surface area contributed by atoms with E-state index in [1.54, 1.807) is 0 Å². The minimum Gasteiger partial charge on any atom is -0.353 e. The van der Waals surface area contributed by atoms with Gasteiger partial charge in [0.1, 0.15) is 0 Å². The number of benzene rings is 3. The van der Waals surface area contributed by atoms with Gasteiger partial charge in [-0.05, 0) is 45.3 Å². The molecular weight excluding hydrogens is 272 g/mol. The van der Waals surface area contributed by atoms with E-state index >= 15 is 0 Å². The minimum absolute atomic E-state index is 0.739. The third-order valence-corrected chi connectivity index (χ3v) is 3.79. The molecule has 1 aliphatic heterocycles. The predicted octanol–water partition coefficient (Wildman–Crippen LogP) is 2.88. The Labute approximate surface area is 128 Å². The van der Waals surface area contributed by atoms with E-state index in [0.29, 0.717) is 0 Å². The van der Waals surface area contributed by atoms with E-state index < -0.39 is 0 Å². The van der Waals surface area contributed by atoms with Crippen LogP contribution < -0.4 is 10.7 Å². The van der Waals surface area contributed by atoms with Crippen LogP contribution in [0.2, 0.25) is 0 Å². The first-order valence-electron chi connectivity index (χ1n) is 7.38. The zero-order valence-electron chi connectivity index (χ0n) is 12.1. The van der Waals surface area contributed by atoms with Gasteiger partial charge in [-0.15, -0.1) is 0 Å². The molecule has 0 bridgehead atoms. The molecule has 1 heterocycles. The highest BCUT2D eigenvalue weighted by atomic mass is 15.4. The lowest BCUT2D eigenvalue weighted by Gasteiger charge is -2.04. The van der Waals surface area contributed by atoms with Gasteiger partial charge in [-0.2, -0.15) is 5.10 Å². The molecule has 3 aromatic rings. The average molecular weight is 288 g/mol. The molecule has 0 atom stereocenters. The first kappa shape index (κ1) is 12.8. The highest BCUT2D eigenvalue weighted by Crippen LogP contribution is 2.23. The SMILES string of the molecule is C(=N/NC1=NCCN1)/c1ccc2cc3ccccc3cc2c1. The van der Waals surface area contributed by atoms with Gasteiger partial charge >= 0.3 is 0 Å². The van der Waals surface area contributed by atoms with E-state index in [4.69, 9.17) is 0 Å². The van der Waals surface area contributed by atoms with Crippen molar-refractivity contribution in [2.45, 2.75) is 0 Å². The second-order valence-electron chi connectivity index (χ2n) is 5.33. The monoisotopic (exact) mass is 288 g/mol. The molecule has 0 radical (unpaired) electrons. The van der Waals surface area contributed by atoms with Crippen LogP contribution in [0.3, 0.4) is 0 Å². The van der Waals surface area contributed by atoms with E-state index in [-0.39, 0.29) is 0 Å². The second kappa shape index (κ2) is 5.48. The number of guanidine groups is 1. The van der Waals surface area contributed by atoms with Gasteiger partial charge in [0.05, 0.1) is 12.8 Å². The summed E-state index contributed by atoms with van der Waals surface area (Å²) in [7, 11) is 0. The second-order valence-corrected chi connectivity index (χ2v) is 5.33. The molecule has 4 rings (SSSR count). The fourth-order valence-electron chi connectivity index (χ4n) is 2.68. The van der Waals surface area contributed by atoms with E-state index in [1.165, 1.54) is 21.5 Å². The van der Waals surface area contributed by atoms with Crippen molar-refractivity contribution in [1.29, 1.82) is 0 Å². The van der Waals surface area contributed by atoms with Gasteiger partial charge in [0.15, 0.2) is 0 Å². The Hall–Kier alpha value is -2.88.